The minimum atomic E-state index is 0.163. The molecule has 0 aliphatic heterocycles. The number of ether oxygens (including phenoxy) is 1. The van der Waals surface area contributed by atoms with Crippen LogP contribution in [0.4, 0.5) is 0 Å². The van der Waals surface area contributed by atoms with E-state index in [1.807, 2.05) is 24.0 Å². The van der Waals surface area contributed by atoms with E-state index in [1.54, 1.807) is 0 Å². The number of fused-ring (bicyclic) bond motifs is 1. The fourth-order valence-electron chi connectivity index (χ4n) is 3.35. The molecule has 1 heterocycles. The third-order valence-electron chi connectivity index (χ3n) is 4.72. The van der Waals surface area contributed by atoms with Gasteiger partial charge in [0.2, 0.25) is 0 Å². The molecule has 124 valence electrons. The normalized spacial score (nSPS) is 18.6. The molecule has 0 radical (unpaired) electrons. The Morgan fingerprint density at radius 3 is 3.00 bits per heavy atom. The van der Waals surface area contributed by atoms with Crippen LogP contribution in [-0.2, 0) is 18.2 Å². The summed E-state index contributed by atoms with van der Waals surface area (Å²) in [6, 6.07) is 10.9. The minimum Gasteiger partial charge on any atom is -0.374 e. The first-order chi connectivity index (χ1) is 11.3. The van der Waals surface area contributed by atoms with E-state index in [4.69, 9.17) is 4.74 Å². The van der Waals surface area contributed by atoms with Crippen LogP contribution in [0.1, 0.15) is 55.2 Å². The molecule has 0 saturated heterocycles. The van der Waals surface area contributed by atoms with Crippen molar-refractivity contribution in [1.82, 2.24) is 15.1 Å². The van der Waals surface area contributed by atoms with E-state index < -0.39 is 0 Å². The Bertz CT molecular complexity index is 608. The van der Waals surface area contributed by atoms with Crippen molar-refractivity contribution in [3.05, 3.63) is 53.3 Å². The lowest BCUT2D eigenvalue weighted by Gasteiger charge is -2.24. The number of nitrogens with one attached hydrogen (secondary N) is 1. The SMILES string of the molecule is C[C@@H](OCCCN[C@H]1CCCc2c1cnn2C)c1ccccc1. The second kappa shape index (κ2) is 7.75. The minimum absolute atomic E-state index is 0.163. The van der Waals surface area contributed by atoms with Gasteiger partial charge in [0.05, 0.1) is 12.3 Å². The lowest BCUT2D eigenvalue weighted by Crippen LogP contribution is -2.26. The molecule has 4 nitrogen and oxygen atoms in total. The molecule has 1 N–H and O–H groups in total. The highest BCUT2D eigenvalue weighted by atomic mass is 16.5. The van der Waals surface area contributed by atoms with Gasteiger partial charge >= 0.3 is 0 Å². The number of rotatable bonds is 7. The molecule has 0 spiro atoms. The fraction of sp³-hybridized carbons (Fsp3) is 0.526. The number of nitrogens with zero attached hydrogens (tertiary/aromatic N) is 2. The quantitative estimate of drug-likeness (QED) is 0.795. The van der Waals surface area contributed by atoms with Crippen LogP contribution in [0, 0.1) is 0 Å². The molecular weight excluding hydrogens is 286 g/mol. The van der Waals surface area contributed by atoms with Crippen LogP contribution in [0.2, 0.25) is 0 Å². The van der Waals surface area contributed by atoms with Crippen molar-refractivity contribution in [3.63, 3.8) is 0 Å². The second-order valence-electron chi connectivity index (χ2n) is 6.35. The summed E-state index contributed by atoms with van der Waals surface area (Å²) in [5.41, 5.74) is 4.02. The number of hydrogen-bond acceptors (Lipinski definition) is 3. The lowest BCUT2D eigenvalue weighted by molar-refractivity contribution is 0.0636. The maximum Gasteiger partial charge on any atom is 0.0796 e. The van der Waals surface area contributed by atoms with Crippen LogP contribution in [0.15, 0.2) is 36.5 Å². The average Bonchev–Trinajstić information content (AvgIpc) is 2.97. The molecule has 0 bridgehead atoms. The van der Waals surface area contributed by atoms with E-state index in [-0.39, 0.29) is 6.10 Å². The predicted octanol–water partition coefficient (Wildman–Crippen LogP) is 3.56. The molecule has 1 aromatic heterocycles. The zero-order valence-electron chi connectivity index (χ0n) is 14.2. The van der Waals surface area contributed by atoms with E-state index in [9.17, 15) is 0 Å². The van der Waals surface area contributed by atoms with Crippen LogP contribution in [0.3, 0.4) is 0 Å². The highest BCUT2D eigenvalue weighted by Gasteiger charge is 2.22. The Labute approximate surface area is 138 Å². The van der Waals surface area contributed by atoms with Gasteiger partial charge in [-0.15, -0.1) is 0 Å². The van der Waals surface area contributed by atoms with Gasteiger partial charge in [-0.3, -0.25) is 4.68 Å². The molecule has 1 aliphatic rings. The van der Waals surface area contributed by atoms with E-state index in [0.717, 1.165) is 26.0 Å². The van der Waals surface area contributed by atoms with Crippen molar-refractivity contribution in [2.75, 3.05) is 13.2 Å². The zero-order chi connectivity index (χ0) is 16.1. The smallest absolute Gasteiger partial charge is 0.0796 e. The van der Waals surface area contributed by atoms with Crippen molar-refractivity contribution in [2.45, 2.75) is 44.8 Å². The summed E-state index contributed by atoms with van der Waals surface area (Å²) in [6.07, 6.45) is 6.83. The molecule has 3 rings (SSSR count). The number of aryl methyl sites for hydroxylation is 1. The highest BCUT2D eigenvalue weighted by molar-refractivity contribution is 5.24. The maximum atomic E-state index is 5.93. The maximum absolute atomic E-state index is 5.93. The topological polar surface area (TPSA) is 39.1 Å². The molecule has 2 aromatic rings. The summed E-state index contributed by atoms with van der Waals surface area (Å²) in [4.78, 5) is 0. The van der Waals surface area contributed by atoms with Crippen LogP contribution in [0.25, 0.3) is 0 Å². The van der Waals surface area contributed by atoms with E-state index in [0.29, 0.717) is 6.04 Å². The molecule has 1 aromatic carbocycles. The molecule has 2 atom stereocenters. The van der Waals surface area contributed by atoms with E-state index in [1.165, 1.54) is 29.7 Å². The van der Waals surface area contributed by atoms with Gasteiger partial charge < -0.3 is 10.1 Å². The van der Waals surface area contributed by atoms with Gasteiger partial charge in [0.25, 0.3) is 0 Å². The van der Waals surface area contributed by atoms with Gasteiger partial charge in [0.15, 0.2) is 0 Å². The molecule has 4 heteroatoms. The van der Waals surface area contributed by atoms with Crippen molar-refractivity contribution in [3.8, 4) is 0 Å². The molecule has 0 saturated carbocycles. The molecule has 0 amide bonds. The van der Waals surface area contributed by atoms with Gasteiger partial charge in [-0.1, -0.05) is 30.3 Å². The third-order valence-corrected chi connectivity index (χ3v) is 4.72. The van der Waals surface area contributed by atoms with E-state index >= 15 is 0 Å². The summed E-state index contributed by atoms with van der Waals surface area (Å²) >= 11 is 0. The standard InChI is InChI=1S/C19H27N3O/c1-15(16-8-4-3-5-9-16)23-13-7-12-20-18-10-6-11-19-17(18)14-21-22(19)2/h3-5,8-9,14-15,18,20H,6-7,10-13H2,1-2H3/t15-,18+/m1/s1. The van der Waals surface area contributed by atoms with Crippen molar-refractivity contribution in [2.24, 2.45) is 7.05 Å². The summed E-state index contributed by atoms with van der Waals surface area (Å²) in [6.45, 7) is 3.89. The lowest BCUT2D eigenvalue weighted by atomic mass is 9.93. The molecular formula is C19H27N3O. The van der Waals surface area contributed by atoms with E-state index in [2.05, 4.69) is 41.6 Å². The number of hydrogen-bond donors (Lipinski definition) is 1. The van der Waals surface area contributed by atoms with Gasteiger partial charge in [-0.05, 0) is 44.7 Å². The Balaban J connectivity index is 1.39. The van der Waals surface area contributed by atoms with Crippen LogP contribution in [0.5, 0.6) is 0 Å². The van der Waals surface area contributed by atoms with Crippen molar-refractivity contribution in [1.29, 1.82) is 0 Å². The highest BCUT2D eigenvalue weighted by Crippen LogP contribution is 2.28. The summed E-state index contributed by atoms with van der Waals surface area (Å²) in [7, 11) is 2.04. The third kappa shape index (κ3) is 4.01. The Hall–Kier alpha value is -1.65. The molecule has 1 aliphatic carbocycles. The molecule has 0 unspecified atom stereocenters. The van der Waals surface area contributed by atoms with Gasteiger partial charge in [-0.2, -0.15) is 5.10 Å². The average molecular weight is 313 g/mol. The van der Waals surface area contributed by atoms with Crippen LogP contribution >= 0.6 is 0 Å². The van der Waals surface area contributed by atoms with Gasteiger partial charge in [-0.25, -0.2) is 0 Å². The first kappa shape index (κ1) is 16.2. The summed E-state index contributed by atoms with van der Waals surface area (Å²) in [5, 5.41) is 8.07. The molecule has 23 heavy (non-hydrogen) atoms. The number of aromatic nitrogens is 2. The Morgan fingerprint density at radius 2 is 2.17 bits per heavy atom. The zero-order valence-corrected chi connectivity index (χ0v) is 14.2. The van der Waals surface area contributed by atoms with Gasteiger partial charge in [0.1, 0.15) is 0 Å². The first-order valence-electron chi connectivity index (χ1n) is 8.66. The number of benzene rings is 1. The Kier molecular flexibility index (Phi) is 5.47. The largest absolute Gasteiger partial charge is 0.374 e. The predicted molar refractivity (Wildman–Crippen MR) is 92.3 cm³/mol. The van der Waals surface area contributed by atoms with Gasteiger partial charge in [0, 0.05) is 31.0 Å². The van der Waals surface area contributed by atoms with Crippen molar-refractivity contribution >= 4 is 0 Å². The van der Waals surface area contributed by atoms with Crippen molar-refractivity contribution < 1.29 is 4.74 Å². The van der Waals surface area contributed by atoms with Crippen LogP contribution < -0.4 is 5.32 Å². The molecule has 0 fully saturated rings. The second-order valence-corrected chi connectivity index (χ2v) is 6.35. The fourth-order valence-corrected chi connectivity index (χ4v) is 3.35. The first-order valence-corrected chi connectivity index (χ1v) is 8.66. The Morgan fingerprint density at radius 1 is 1.35 bits per heavy atom. The summed E-state index contributed by atoms with van der Waals surface area (Å²) < 4.78 is 7.96. The van der Waals surface area contributed by atoms with Crippen LogP contribution in [-0.4, -0.2) is 22.9 Å². The summed E-state index contributed by atoms with van der Waals surface area (Å²) in [5.74, 6) is 0. The monoisotopic (exact) mass is 313 g/mol.